The van der Waals surface area contributed by atoms with Crippen molar-refractivity contribution in [1.82, 2.24) is 0 Å². The van der Waals surface area contributed by atoms with Crippen molar-refractivity contribution in [3.05, 3.63) is 54.1 Å². The number of ether oxygens (including phenoxy) is 3. The number of nitrogens with one attached hydrogen (secondary N) is 1. The van der Waals surface area contributed by atoms with E-state index < -0.39 is 5.97 Å². The van der Waals surface area contributed by atoms with Crippen molar-refractivity contribution in [1.29, 1.82) is 0 Å². The van der Waals surface area contributed by atoms with Crippen LogP contribution in [0.5, 0.6) is 11.5 Å². The average molecular weight is 371 g/mol. The Morgan fingerprint density at radius 3 is 2.33 bits per heavy atom. The molecule has 2 aromatic carbocycles. The summed E-state index contributed by atoms with van der Waals surface area (Å²) in [5, 5.41) is 2.71. The van der Waals surface area contributed by atoms with Crippen molar-refractivity contribution in [2.24, 2.45) is 0 Å². The highest BCUT2D eigenvalue weighted by atomic mass is 16.5. The Labute approximate surface area is 159 Å². The fourth-order valence-electron chi connectivity index (χ4n) is 2.35. The molecule has 6 nitrogen and oxygen atoms in total. The number of benzene rings is 2. The first-order valence-corrected chi connectivity index (χ1v) is 8.96. The first kappa shape index (κ1) is 20.3. The monoisotopic (exact) mass is 371 g/mol. The molecule has 27 heavy (non-hydrogen) atoms. The molecule has 2 aromatic rings. The van der Waals surface area contributed by atoms with E-state index in [0.717, 1.165) is 25.0 Å². The second-order valence-electron chi connectivity index (χ2n) is 5.94. The second-order valence-corrected chi connectivity index (χ2v) is 5.94. The van der Waals surface area contributed by atoms with Gasteiger partial charge in [0.15, 0.2) is 6.61 Å². The summed E-state index contributed by atoms with van der Waals surface area (Å²) in [7, 11) is 1.32. The van der Waals surface area contributed by atoms with Gasteiger partial charge in [0, 0.05) is 11.8 Å². The first-order valence-electron chi connectivity index (χ1n) is 8.96. The molecule has 144 valence electrons. The van der Waals surface area contributed by atoms with Crippen LogP contribution in [-0.2, 0) is 9.53 Å². The Bertz CT molecular complexity index is 742. The zero-order valence-corrected chi connectivity index (χ0v) is 15.7. The molecule has 1 amide bonds. The van der Waals surface area contributed by atoms with Crippen molar-refractivity contribution in [2.45, 2.75) is 26.2 Å². The lowest BCUT2D eigenvalue weighted by atomic mass is 10.2. The molecule has 0 aliphatic heterocycles. The molecule has 0 aliphatic carbocycles. The highest BCUT2D eigenvalue weighted by Gasteiger charge is 2.07. The van der Waals surface area contributed by atoms with Gasteiger partial charge in [-0.1, -0.05) is 25.8 Å². The van der Waals surface area contributed by atoms with E-state index in [2.05, 4.69) is 17.0 Å². The van der Waals surface area contributed by atoms with Crippen molar-refractivity contribution >= 4 is 17.6 Å². The van der Waals surface area contributed by atoms with Crippen molar-refractivity contribution in [3.8, 4) is 11.5 Å². The van der Waals surface area contributed by atoms with E-state index in [1.54, 1.807) is 36.4 Å². The summed E-state index contributed by atoms with van der Waals surface area (Å²) in [6.45, 7) is 2.68. The van der Waals surface area contributed by atoms with Crippen LogP contribution in [0.3, 0.4) is 0 Å². The number of rotatable bonds is 10. The van der Waals surface area contributed by atoms with Gasteiger partial charge in [-0.05, 0) is 42.8 Å². The van der Waals surface area contributed by atoms with Gasteiger partial charge in [0.1, 0.15) is 11.5 Å². The lowest BCUT2D eigenvalue weighted by Crippen LogP contribution is -2.20. The van der Waals surface area contributed by atoms with Gasteiger partial charge in [-0.3, -0.25) is 4.79 Å². The predicted molar refractivity (Wildman–Crippen MR) is 103 cm³/mol. The van der Waals surface area contributed by atoms with Crippen LogP contribution in [0.15, 0.2) is 48.5 Å². The van der Waals surface area contributed by atoms with E-state index in [1.165, 1.54) is 7.11 Å². The van der Waals surface area contributed by atoms with Crippen molar-refractivity contribution < 1.29 is 23.8 Å². The molecule has 0 spiro atoms. The van der Waals surface area contributed by atoms with Gasteiger partial charge in [-0.2, -0.15) is 0 Å². The van der Waals surface area contributed by atoms with Crippen LogP contribution in [0.4, 0.5) is 5.69 Å². The molecule has 2 rings (SSSR count). The number of carbonyl (C=O) groups excluding carboxylic acids is 2. The maximum absolute atomic E-state index is 12.0. The highest BCUT2D eigenvalue weighted by Crippen LogP contribution is 2.20. The third kappa shape index (κ3) is 7.01. The molecular weight excluding hydrogens is 346 g/mol. The minimum Gasteiger partial charge on any atom is -0.493 e. The smallest absolute Gasteiger partial charge is 0.337 e. The SMILES string of the molecule is CCCCCOc1cccc(OCC(=O)Nc2ccc(C(=O)OC)cc2)c1. The molecular formula is C21H25NO5. The van der Waals surface area contributed by atoms with Crippen molar-refractivity contribution in [2.75, 3.05) is 25.6 Å². The van der Waals surface area contributed by atoms with E-state index in [-0.39, 0.29) is 12.5 Å². The van der Waals surface area contributed by atoms with Gasteiger partial charge in [-0.25, -0.2) is 4.79 Å². The number of methoxy groups -OCH3 is 1. The number of hydrogen-bond acceptors (Lipinski definition) is 5. The highest BCUT2D eigenvalue weighted by molar-refractivity contribution is 5.93. The molecule has 0 unspecified atom stereocenters. The van der Waals surface area contributed by atoms with E-state index in [4.69, 9.17) is 9.47 Å². The number of amides is 1. The maximum Gasteiger partial charge on any atom is 0.337 e. The van der Waals surface area contributed by atoms with Gasteiger partial charge in [0.25, 0.3) is 5.91 Å². The van der Waals surface area contributed by atoms with Crippen LogP contribution in [0, 0.1) is 0 Å². The fraction of sp³-hybridized carbons (Fsp3) is 0.333. The Morgan fingerprint density at radius 2 is 1.67 bits per heavy atom. The van der Waals surface area contributed by atoms with Gasteiger partial charge in [0.05, 0.1) is 19.3 Å². The Balaban J connectivity index is 1.80. The standard InChI is InChI=1S/C21H25NO5/c1-3-4-5-13-26-18-7-6-8-19(14-18)27-15-20(23)22-17-11-9-16(10-12-17)21(24)25-2/h6-12,14H,3-5,13,15H2,1-2H3,(H,22,23). The molecule has 0 heterocycles. The summed E-state index contributed by atoms with van der Waals surface area (Å²) in [6.07, 6.45) is 3.29. The number of esters is 1. The van der Waals surface area contributed by atoms with Crippen LogP contribution in [0.1, 0.15) is 36.5 Å². The number of carbonyl (C=O) groups is 2. The minimum atomic E-state index is -0.423. The Morgan fingerprint density at radius 1 is 0.963 bits per heavy atom. The molecule has 6 heteroatoms. The summed E-state index contributed by atoms with van der Waals surface area (Å²) in [5.74, 6) is 0.574. The summed E-state index contributed by atoms with van der Waals surface area (Å²) >= 11 is 0. The fourth-order valence-corrected chi connectivity index (χ4v) is 2.35. The molecule has 0 saturated heterocycles. The topological polar surface area (TPSA) is 73.9 Å². The maximum atomic E-state index is 12.0. The summed E-state index contributed by atoms with van der Waals surface area (Å²) in [5.41, 5.74) is 0.992. The molecule has 0 radical (unpaired) electrons. The van der Waals surface area contributed by atoms with Crippen LogP contribution < -0.4 is 14.8 Å². The largest absolute Gasteiger partial charge is 0.493 e. The Hall–Kier alpha value is -3.02. The normalized spacial score (nSPS) is 10.1. The molecule has 0 fully saturated rings. The van der Waals surface area contributed by atoms with Gasteiger partial charge in [0.2, 0.25) is 0 Å². The predicted octanol–water partition coefficient (Wildman–Crippen LogP) is 4.06. The van der Waals surface area contributed by atoms with Crippen LogP contribution >= 0.6 is 0 Å². The van der Waals surface area contributed by atoms with Gasteiger partial charge >= 0.3 is 5.97 Å². The van der Waals surface area contributed by atoms with Crippen LogP contribution in [-0.4, -0.2) is 32.2 Å². The van der Waals surface area contributed by atoms with Gasteiger partial charge < -0.3 is 19.5 Å². The quantitative estimate of drug-likeness (QED) is 0.504. The number of anilines is 1. The summed E-state index contributed by atoms with van der Waals surface area (Å²) < 4.78 is 15.8. The molecule has 1 N–H and O–H groups in total. The third-order valence-electron chi connectivity index (χ3n) is 3.78. The zero-order chi connectivity index (χ0) is 19.5. The molecule has 0 bridgehead atoms. The van der Waals surface area contributed by atoms with E-state index in [0.29, 0.717) is 23.6 Å². The lowest BCUT2D eigenvalue weighted by Gasteiger charge is -2.10. The second kappa shape index (κ2) is 10.9. The van der Waals surface area contributed by atoms with Crippen LogP contribution in [0.2, 0.25) is 0 Å². The molecule has 0 atom stereocenters. The van der Waals surface area contributed by atoms with E-state index in [1.807, 2.05) is 12.1 Å². The minimum absolute atomic E-state index is 0.127. The molecule has 0 saturated carbocycles. The first-order chi connectivity index (χ1) is 13.1. The lowest BCUT2D eigenvalue weighted by molar-refractivity contribution is -0.118. The Kier molecular flexibility index (Phi) is 8.16. The molecule has 0 aliphatic rings. The average Bonchev–Trinajstić information content (AvgIpc) is 2.70. The zero-order valence-electron chi connectivity index (χ0n) is 15.7. The molecule has 0 aromatic heterocycles. The van der Waals surface area contributed by atoms with Crippen LogP contribution in [0.25, 0.3) is 0 Å². The third-order valence-corrected chi connectivity index (χ3v) is 3.78. The van der Waals surface area contributed by atoms with E-state index >= 15 is 0 Å². The summed E-state index contributed by atoms with van der Waals surface area (Å²) in [6, 6.07) is 13.7. The van der Waals surface area contributed by atoms with Gasteiger partial charge in [-0.15, -0.1) is 0 Å². The van der Waals surface area contributed by atoms with E-state index in [9.17, 15) is 9.59 Å². The number of unbranched alkanes of at least 4 members (excludes halogenated alkanes) is 2. The van der Waals surface area contributed by atoms with Crippen molar-refractivity contribution in [3.63, 3.8) is 0 Å². The summed E-state index contributed by atoms with van der Waals surface area (Å²) in [4.78, 5) is 23.4. The number of hydrogen-bond donors (Lipinski definition) is 1.